The van der Waals surface area contributed by atoms with Crippen molar-refractivity contribution in [3.05, 3.63) is 35.8 Å². The molecule has 3 aromatic rings. The second-order valence-corrected chi connectivity index (χ2v) is 8.33. The molecule has 0 aliphatic heterocycles. The van der Waals surface area contributed by atoms with Gasteiger partial charge >= 0.3 is 0 Å². The number of hydrogen-bond donors (Lipinski definition) is 2. The number of carbonyl (C=O) groups excluding carboxylic acids is 1. The minimum atomic E-state index is 0.123. The third-order valence-corrected chi connectivity index (χ3v) is 6.71. The Morgan fingerprint density at radius 1 is 1.28 bits per heavy atom. The normalized spacial score (nSPS) is 24.9. The van der Waals surface area contributed by atoms with E-state index in [2.05, 4.69) is 27.4 Å². The molecule has 3 atom stereocenters. The van der Waals surface area contributed by atoms with E-state index in [1.807, 2.05) is 23.7 Å². The van der Waals surface area contributed by atoms with Crippen LogP contribution in [0.5, 0.6) is 0 Å². The Bertz CT molecular complexity index is 928. The van der Waals surface area contributed by atoms with Crippen molar-refractivity contribution in [3.63, 3.8) is 0 Å². The van der Waals surface area contributed by atoms with Gasteiger partial charge in [-0.2, -0.15) is 0 Å². The number of aromatic nitrogens is 2. The van der Waals surface area contributed by atoms with E-state index in [1.165, 1.54) is 37.0 Å². The zero-order valence-electron chi connectivity index (χ0n) is 14.0. The monoisotopic (exact) mass is 351 g/mol. The van der Waals surface area contributed by atoms with Gasteiger partial charge in [-0.1, -0.05) is 24.6 Å². The molecule has 2 aliphatic rings. The summed E-state index contributed by atoms with van der Waals surface area (Å²) in [6.07, 6.45) is 7.94. The van der Waals surface area contributed by atoms with Gasteiger partial charge in [-0.25, -0.2) is 4.98 Å². The van der Waals surface area contributed by atoms with Gasteiger partial charge < -0.3 is 10.3 Å². The summed E-state index contributed by atoms with van der Waals surface area (Å²) in [5.74, 6) is 2.38. The SMILES string of the molecule is O=C(C[C@@H]1C[C@H]2CC[C@H]1C2)Nc1nc(-c2c[nH]c3ccccc23)cs1. The van der Waals surface area contributed by atoms with E-state index in [9.17, 15) is 4.79 Å². The number of rotatable bonds is 4. The summed E-state index contributed by atoms with van der Waals surface area (Å²) in [6, 6.07) is 8.20. The molecule has 5 heteroatoms. The summed E-state index contributed by atoms with van der Waals surface area (Å²) in [4.78, 5) is 20.3. The minimum absolute atomic E-state index is 0.123. The van der Waals surface area contributed by atoms with Crippen LogP contribution in [0.1, 0.15) is 32.1 Å². The molecule has 1 amide bonds. The standard InChI is InChI=1S/C20H21N3OS/c24-19(9-14-8-12-5-6-13(14)7-12)23-20-22-18(11-25-20)16-10-21-17-4-2-1-3-15(16)17/h1-4,10-14,21H,5-9H2,(H,22,23,24)/t12-,13-,14-/m0/s1. The molecule has 0 unspecified atom stereocenters. The van der Waals surface area contributed by atoms with E-state index in [-0.39, 0.29) is 5.91 Å². The van der Waals surface area contributed by atoms with Gasteiger partial charge in [0.05, 0.1) is 5.69 Å². The Labute approximate surface area is 150 Å². The lowest BCUT2D eigenvalue weighted by Gasteiger charge is -2.20. The van der Waals surface area contributed by atoms with Gasteiger partial charge in [0.1, 0.15) is 0 Å². The van der Waals surface area contributed by atoms with Crippen molar-refractivity contribution in [1.29, 1.82) is 0 Å². The highest BCUT2D eigenvalue weighted by atomic mass is 32.1. The summed E-state index contributed by atoms with van der Waals surface area (Å²) in [5.41, 5.74) is 3.10. The van der Waals surface area contributed by atoms with Crippen LogP contribution in [0.3, 0.4) is 0 Å². The molecule has 2 bridgehead atoms. The zero-order valence-corrected chi connectivity index (χ0v) is 14.8. The fraction of sp³-hybridized carbons (Fsp3) is 0.400. The first-order valence-electron chi connectivity index (χ1n) is 9.08. The Kier molecular flexibility index (Phi) is 3.63. The van der Waals surface area contributed by atoms with Gasteiger partial charge in [0.15, 0.2) is 5.13 Å². The first kappa shape index (κ1) is 15.1. The summed E-state index contributed by atoms with van der Waals surface area (Å²) in [6.45, 7) is 0. The molecular formula is C20H21N3OS. The molecule has 0 spiro atoms. The number of thiazole rings is 1. The number of para-hydroxylation sites is 1. The molecule has 2 aliphatic carbocycles. The number of nitrogens with zero attached hydrogens (tertiary/aromatic N) is 1. The number of H-pyrrole nitrogens is 1. The van der Waals surface area contributed by atoms with E-state index in [0.29, 0.717) is 17.5 Å². The first-order valence-corrected chi connectivity index (χ1v) is 9.96. The van der Waals surface area contributed by atoms with Gasteiger partial charge in [-0.05, 0) is 43.1 Å². The average molecular weight is 351 g/mol. The van der Waals surface area contributed by atoms with Gasteiger partial charge in [0, 0.05) is 34.5 Å². The molecular weight excluding hydrogens is 330 g/mol. The summed E-state index contributed by atoms with van der Waals surface area (Å²) in [5, 5.41) is 6.90. The lowest BCUT2D eigenvalue weighted by atomic mass is 9.86. The lowest BCUT2D eigenvalue weighted by Crippen LogP contribution is -2.20. The Morgan fingerprint density at radius 2 is 2.20 bits per heavy atom. The number of benzene rings is 1. The van der Waals surface area contributed by atoms with Crippen molar-refractivity contribution in [2.45, 2.75) is 32.1 Å². The van der Waals surface area contributed by atoms with Crippen LogP contribution >= 0.6 is 11.3 Å². The first-order chi connectivity index (χ1) is 12.3. The van der Waals surface area contributed by atoms with Crippen molar-refractivity contribution in [3.8, 4) is 11.3 Å². The van der Waals surface area contributed by atoms with Crippen LogP contribution in [0.15, 0.2) is 35.8 Å². The fourth-order valence-electron chi connectivity index (χ4n) is 4.77. The van der Waals surface area contributed by atoms with Crippen LogP contribution in [0, 0.1) is 17.8 Å². The predicted octanol–water partition coefficient (Wildman–Crippen LogP) is 5.06. The minimum Gasteiger partial charge on any atom is -0.360 e. The number of hydrogen-bond acceptors (Lipinski definition) is 3. The van der Waals surface area contributed by atoms with E-state index in [1.54, 1.807) is 0 Å². The highest BCUT2D eigenvalue weighted by molar-refractivity contribution is 7.14. The molecule has 2 saturated carbocycles. The number of nitrogens with one attached hydrogen (secondary N) is 2. The Hall–Kier alpha value is -2.14. The van der Waals surface area contributed by atoms with E-state index >= 15 is 0 Å². The topological polar surface area (TPSA) is 57.8 Å². The van der Waals surface area contributed by atoms with Crippen molar-refractivity contribution < 1.29 is 4.79 Å². The molecule has 128 valence electrons. The predicted molar refractivity (Wildman–Crippen MR) is 102 cm³/mol. The molecule has 2 aromatic heterocycles. The average Bonchev–Trinajstić information content (AvgIpc) is 3.38. The van der Waals surface area contributed by atoms with Crippen LogP contribution < -0.4 is 5.32 Å². The van der Waals surface area contributed by atoms with E-state index in [4.69, 9.17) is 0 Å². The maximum atomic E-state index is 12.4. The van der Waals surface area contributed by atoms with Gasteiger partial charge in [-0.15, -0.1) is 11.3 Å². The molecule has 2 N–H and O–H groups in total. The Balaban J connectivity index is 1.29. The third-order valence-electron chi connectivity index (χ3n) is 5.95. The quantitative estimate of drug-likeness (QED) is 0.690. The molecule has 1 aromatic carbocycles. The Morgan fingerprint density at radius 3 is 3.04 bits per heavy atom. The smallest absolute Gasteiger partial charge is 0.226 e. The number of aromatic amines is 1. The molecule has 2 fully saturated rings. The second kappa shape index (κ2) is 5.99. The van der Waals surface area contributed by atoms with Crippen LogP contribution in [0.4, 0.5) is 5.13 Å². The molecule has 25 heavy (non-hydrogen) atoms. The van der Waals surface area contributed by atoms with Crippen molar-refractivity contribution in [2.75, 3.05) is 5.32 Å². The molecule has 4 nitrogen and oxygen atoms in total. The highest BCUT2D eigenvalue weighted by Crippen LogP contribution is 2.49. The van der Waals surface area contributed by atoms with Gasteiger partial charge in [0.2, 0.25) is 5.91 Å². The zero-order chi connectivity index (χ0) is 16.8. The summed E-state index contributed by atoms with van der Waals surface area (Å²) in [7, 11) is 0. The molecule has 2 heterocycles. The fourth-order valence-corrected chi connectivity index (χ4v) is 5.50. The number of anilines is 1. The van der Waals surface area contributed by atoms with E-state index in [0.717, 1.165) is 34.0 Å². The third kappa shape index (κ3) is 2.76. The van der Waals surface area contributed by atoms with Crippen molar-refractivity contribution >= 4 is 33.3 Å². The van der Waals surface area contributed by atoms with Crippen LogP contribution in [0.25, 0.3) is 22.2 Å². The van der Waals surface area contributed by atoms with Gasteiger partial charge in [0.25, 0.3) is 0 Å². The van der Waals surface area contributed by atoms with Crippen LogP contribution in [0.2, 0.25) is 0 Å². The van der Waals surface area contributed by atoms with Crippen LogP contribution in [-0.2, 0) is 4.79 Å². The van der Waals surface area contributed by atoms with Gasteiger partial charge in [-0.3, -0.25) is 4.79 Å². The van der Waals surface area contributed by atoms with E-state index < -0.39 is 0 Å². The van der Waals surface area contributed by atoms with Crippen molar-refractivity contribution in [2.24, 2.45) is 17.8 Å². The highest BCUT2D eigenvalue weighted by Gasteiger charge is 2.40. The summed E-state index contributed by atoms with van der Waals surface area (Å²) >= 11 is 1.50. The summed E-state index contributed by atoms with van der Waals surface area (Å²) < 4.78 is 0. The maximum absolute atomic E-state index is 12.4. The molecule has 0 radical (unpaired) electrons. The maximum Gasteiger partial charge on any atom is 0.226 e. The number of fused-ring (bicyclic) bond motifs is 3. The largest absolute Gasteiger partial charge is 0.360 e. The second-order valence-electron chi connectivity index (χ2n) is 7.47. The van der Waals surface area contributed by atoms with Crippen molar-refractivity contribution in [1.82, 2.24) is 9.97 Å². The number of amides is 1. The number of carbonyl (C=O) groups is 1. The molecule has 0 saturated heterocycles. The molecule has 5 rings (SSSR count). The lowest BCUT2D eigenvalue weighted by molar-refractivity contribution is -0.117. The van der Waals surface area contributed by atoms with Crippen LogP contribution in [-0.4, -0.2) is 15.9 Å².